The number of nitrogens with zero attached hydrogens (tertiary/aromatic N) is 4. The maximum absolute atomic E-state index is 11.7. The summed E-state index contributed by atoms with van der Waals surface area (Å²) in [5.74, 6) is 0.178. The van der Waals surface area contributed by atoms with Crippen molar-refractivity contribution in [2.75, 3.05) is 11.9 Å². The fourth-order valence-electron chi connectivity index (χ4n) is 5.18. The van der Waals surface area contributed by atoms with Crippen molar-refractivity contribution in [2.24, 2.45) is 0 Å². The van der Waals surface area contributed by atoms with Crippen molar-refractivity contribution >= 4 is 33.6 Å². The number of hydrogen-bond donors (Lipinski definition) is 2. The zero-order chi connectivity index (χ0) is 25.2. The summed E-state index contributed by atoms with van der Waals surface area (Å²) >= 11 is 0. The second kappa shape index (κ2) is 10.0. The molecular weight excluding hydrogens is 462 g/mol. The van der Waals surface area contributed by atoms with Crippen molar-refractivity contribution in [3.8, 4) is 0 Å². The van der Waals surface area contributed by atoms with Crippen LogP contribution in [0.15, 0.2) is 73.1 Å². The van der Waals surface area contributed by atoms with Gasteiger partial charge in [-0.25, -0.2) is 4.98 Å². The number of rotatable bonds is 8. The number of pyridine rings is 2. The Morgan fingerprint density at radius 3 is 2.86 bits per heavy atom. The normalized spacial score (nSPS) is 13.8. The first-order chi connectivity index (χ1) is 18.1. The van der Waals surface area contributed by atoms with Crippen LogP contribution < -0.4 is 5.32 Å². The molecule has 5 aromatic rings. The van der Waals surface area contributed by atoms with Crippen LogP contribution in [0.2, 0.25) is 0 Å². The number of aliphatic carboxylic acids is 1. The van der Waals surface area contributed by atoms with Crippen LogP contribution in [0.25, 0.3) is 21.8 Å². The summed E-state index contributed by atoms with van der Waals surface area (Å²) in [6.45, 7) is 1.00. The van der Waals surface area contributed by atoms with Crippen molar-refractivity contribution < 1.29 is 9.90 Å². The Labute approximate surface area is 215 Å². The highest BCUT2D eigenvalue weighted by molar-refractivity contribution is 5.80. The van der Waals surface area contributed by atoms with Crippen molar-refractivity contribution in [1.29, 1.82) is 0 Å². The highest BCUT2D eigenvalue weighted by atomic mass is 16.4. The van der Waals surface area contributed by atoms with Crippen molar-refractivity contribution in [3.05, 3.63) is 95.4 Å². The van der Waals surface area contributed by atoms with Gasteiger partial charge in [-0.15, -0.1) is 0 Å². The lowest BCUT2D eigenvalue weighted by Gasteiger charge is -2.17. The number of para-hydroxylation sites is 1. The molecule has 1 atom stereocenters. The fourth-order valence-corrected chi connectivity index (χ4v) is 5.18. The number of carbonyl (C=O) groups is 1. The summed E-state index contributed by atoms with van der Waals surface area (Å²) < 4.78 is 1.78. The van der Waals surface area contributed by atoms with E-state index in [9.17, 15) is 9.90 Å². The average Bonchev–Trinajstić information content (AvgIpc) is 3.34. The third kappa shape index (κ3) is 5.03. The molecule has 0 saturated carbocycles. The molecule has 0 saturated heterocycles. The van der Waals surface area contributed by atoms with Gasteiger partial charge in [0.25, 0.3) is 0 Å². The number of aryl methyl sites for hydroxylation is 3. The predicted molar refractivity (Wildman–Crippen MR) is 145 cm³/mol. The van der Waals surface area contributed by atoms with Crippen LogP contribution in [-0.2, 0) is 24.1 Å². The standard InChI is InChI=1S/C30H29N5O2/c36-29(37)17-28(24-16-22-6-1-2-9-26(22)32-18-24)35-19-23-11-10-20(15-27(23)34-35)5-3-8-25-13-12-21-7-4-14-31-30(21)33-25/h1-2,6,9-13,15-16,18-19,28H,3-5,7-8,14,17H2,(H,31,33)(H,36,37). The molecule has 1 aliphatic heterocycles. The number of aromatic nitrogens is 4. The van der Waals surface area contributed by atoms with Gasteiger partial charge in [-0.2, -0.15) is 5.10 Å². The van der Waals surface area contributed by atoms with E-state index in [4.69, 9.17) is 10.1 Å². The van der Waals surface area contributed by atoms with Gasteiger partial charge >= 0.3 is 5.97 Å². The summed E-state index contributed by atoms with van der Waals surface area (Å²) in [5.41, 5.74) is 6.25. The summed E-state index contributed by atoms with van der Waals surface area (Å²) in [7, 11) is 0. The van der Waals surface area contributed by atoms with E-state index < -0.39 is 12.0 Å². The molecule has 0 fully saturated rings. The average molecular weight is 492 g/mol. The molecule has 0 aliphatic carbocycles. The number of nitrogens with one attached hydrogen (secondary N) is 1. The smallest absolute Gasteiger partial charge is 0.305 e. The first kappa shape index (κ1) is 23.2. The lowest BCUT2D eigenvalue weighted by molar-refractivity contribution is -0.137. The Morgan fingerprint density at radius 2 is 1.95 bits per heavy atom. The van der Waals surface area contributed by atoms with Gasteiger partial charge in [0.05, 0.1) is 23.5 Å². The number of carboxylic acids is 1. The van der Waals surface area contributed by atoms with E-state index in [1.165, 1.54) is 17.5 Å². The minimum Gasteiger partial charge on any atom is -0.481 e. The van der Waals surface area contributed by atoms with Crippen molar-refractivity contribution in [3.63, 3.8) is 0 Å². The third-order valence-corrected chi connectivity index (χ3v) is 7.12. The van der Waals surface area contributed by atoms with Gasteiger partial charge in [0.1, 0.15) is 5.82 Å². The molecule has 0 amide bonds. The quantitative estimate of drug-likeness (QED) is 0.294. The van der Waals surface area contributed by atoms with Gasteiger partial charge in [0, 0.05) is 35.4 Å². The minimum atomic E-state index is -0.871. The van der Waals surface area contributed by atoms with Crippen LogP contribution in [0.4, 0.5) is 5.82 Å². The molecule has 1 unspecified atom stereocenters. The molecule has 186 valence electrons. The molecule has 1 aliphatic rings. The zero-order valence-corrected chi connectivity index (χ0v) is 20.6. The van der Waals surface area contributed by atoms with E-state index in [0.29, 0.717) is 0 Å². The Hall–Kier alpha value is -4.26. The predicted octanol–water partition coefficient (Wildman–Crippen LogP) is 5.58. The van der Waals surface area contributed by atoms with E-state index in [2.05, 4.69) is 40.6 Å². The molecule has 2 N–H and O–H groups in total. The van der Waals surface area contributed by atoms with Crippen LogP contribution in [0.3, 0.4) is 0 Å². The summed E-state index contributed by atoms with van der Waals surface area (Å²) in [5, 5.41) is 19.8. The minimum absolute atomic E-state index is 0.0660. The van der Waals surface area contributed by atoms with Crippen LogP contribution in [0.5, 0.6) is 0 Å². The number of carboxylic acid groups (broad SMARTS) is 1. The third-order valence-electron chi connectivity index (χ3n) is 7.12. The van der Waals surface area contributed by atoms with Gasteiger partial charge in [-0.1, -0.05) is 36.4 Å². The molecule has 0 bridgehead atoms. The van der Waals surface area contributed by atoms with Gasteiger partial charge in [0.15, 0.2) is 0 Å². The van der Waals surface area contributed by atoms with E-state index in [1.54, 1.807) is 10.9 Å². The monoisotopic (exact) mass is 491 g/mol. The molecule has 7 heteroatoms. The molecule has 37 heavy (non-hydrogen) atoms. The molecular formula is C30H29N5O2. The molecule has 6 rings (SSSR count). The largest absolute Gasteiger partial charge is 0.481 e. The Bertz CT molecular complexity index is 1590. The highest BCUT2D eigenvalue weighted by Crippen LogP contribution is 2.27. The second-order valence-electron chi connectivity index (χ2n) is 9.77. The number of anilines is 1. The highest BCUT2D eigenvalue weighted by Gasteiger charge is 2.20. The van der Waals surface area contributed by atoms with Gasteiger partial charge in [-0.3, -0.25) is 14.5 Å². The van der Waals surface area contributed by atoms with E-state index in [-0.39, 0.29) is 6.42 Å². The maximum Gasteiger partial charge on any atom is 0.305 e. The molecule has 2 aromatic carbocycles. The number of hydrogen-bond acceptors (Lipinski definition) is 5. The van der Waals surface area contributed by atoms with Gasteiger partial charge < -0.3 is 10.4 Å². The topological polar surface area (TPSA) is 92.9 Å². The molecule has 0 radical (unpaired) electrons. The lowest BCUT2D eigenvalue weighted by Crippen LogP contribution is -2.16. The summed E-state index contributed by atoms with van der Waals surface area (Å²) in [6.07, 6.45) is 8.77. The maximum atomic E-state index is 11.7. The molecule has 0 spiro atoms. The fraction of sp³-hybridized carbons (Fsp3) is 0.267. The van der Waals surface area contributed by atoms with E-state index >= 15 is 0 Å². The second-order valence-corrected chi connectivity index (χ2v) is 9.77. The summed E-state index contributed by atoms with van der Waals surface area (Å²) in [6, 6.07) is 20.1. The first-order valence-corrected chi connectivity index (χ1v) is 12.9. The Morgan fingerprint density at radius 1 is 1.03 bits per heavy atom. The van der Waals surface area contributed by atoms with Crippen LogP contribution in [0, 0.1) is 0 Å². The van der Waals surface area contributed by atoms with Gasteiger partial charge in [-0.05, 0) is 73.1 Å². The van der Waals surface area contributed by atoms with E-state index in [1.807, 2.05) is 36.5 Å². The lowest BCUT2D eigenvalue weighted by atomic mass is 10.0. The van der Waals surface area contributed by atoms with Crippen LogP contribution in [-0.4, -0.2) is 37.4 Å². The molecule has 4 heterocycles. The number of fused-ring (bicyclic) bond motifs is 3. The van der Waals surface area contributed by atoms with Crippen molar-refractivity contribution in [1.82, 2.24) is 19.7 Å². The van der Waals surface area contributed by atoms with Crippen molar-refractivity contribution in [2.45, 2.75) is 44.6 Å². The Balaban J connectivity index is 1.20. The van der Waals surface area contributed by atoms with E-state index in [0.717, 1.165) is 71.1 Å². The van der Waals surface area contributed by atoms with Gasteiger partial charge in [0.2, 0.25) is 0 Å². The molecule has 7 nitrogen and oxygen atoms in total. The SMILES string of the molecule is O=C(O)CC(c1cnc2ccccc2c1)n1cc2ccc(CCCc3ccc4c(n3)NCCC4)cc2n1. The van der Waals surface area contributed by atoms with Crippen LogP contribution >= 0.6 is 0 Å². The Kier molecular flexibility index (Phi) is 6.26. The molecule has 3 aromatic heterocycles. The van der Waals surface area contributed by atoms with Crippen LogP contribution in [0.1, 0.15) is 47.7 Å². The summed E-state index contributed by atoms with van der Waals surface area (Å²) in [4.78, 5) is 21.1. The first-order valence-electron chi connectivity index (χ1n) is 12.9. The number of benzene rings is 2. The zero-order valence-electron chi connectivity index (χ0n) is 20.6.